The number of hydrogen-bond acceptors (Lipinski definition) is 3. The third kappa shape index (κ3) is 3.39. The fourth-order valence-electron chi connectivity index (χ4n) is 1.64. The van der Waals surface area contributed by atoms with E-state index in [1.165, 1.54) is 0 Å². The molecule has 2 rings (SSSR count). The van der Waals surface area contributed by atoms with Crippen LogP contribution in [-0.2, 0) is 0 Å². The summed E-state index contributed by atoms with van der Waals surface area (Å²) in [7, 11) is 0. The quantitative estimate of drug-likeness (QED) is 0.600. The average molecular weight is 248 g/mol. The summed E-state index contributed by atoms with van der Waals surface area (Å²) < 4.78 is 5.55. The molecular weight excluding hydrogens is 228 g/mol. The highest BCUT2D eigenvalue weighted by Crippen LogP contribution is 2.24. The van der Waals surface area contributed by atoms with Crippen molar-refractivity contribution in [2.45, 2.75) is 38.6 Å². The minimum absolute atomic E-state index is 0.0516. The zero-order chi connectivity index (χ0) is 13.0. The van der Waals surface area contributed by atoms with E-state index < -0.39 is 0 Å². The van der Waals surface area contributed by atoms with Gasteiger partial charge in [0.1, 0.15) is 5.75 Å². The van der Waals surface area contributed by atoms with Gasteiger partial charge in [-0.1, -0.05) is 13.3 Å². The SMILES string of the molecule is CCCCOc1ccc(C(=O)NC2CC2)cc1N. The maximum atomic E-state index is 11.8. The second kappa shape index (κ2) is 5.76. The lowest BCUT2D eigenvalue weighted by atomic mass is 10.1. The number of hydrogen-bond donors (Lipinski definition) is 2. The van der Waals surface area contributed by atoms with Crippen molar-refractivity contribution in [2.24, 2.45) is 0 Å². The fourth-order valence-corrected chi connectivity index (χ4v) is 1.64. The molecule has 4 nitrogen and oxygen atoms in total. The van der Waals surface area contributed by atoms with E-state index in [1.54, 1.807) is 18.2 Å². The number of amides is 1. The summed E-state index contributed by atoms with van der Waals surface area (Å²) >= 11 is 0. The molecule has 0 aromatic heterocycles. The van der Waals surface area contributed by atoms with Gasteiger partial charge >= 0.3 is 0 Å². The van der Waals surface area contributed by atoms with Crippen molar-refractivity contribution in [3.63, 3.8) is 0 Å². The molecule has 18 heavy (non-hydrogen) atoms. The Labute approximate surface area is 108 Å². The van der Waals surface area contributed by atoms with Crippen molar-refractivity contribution in [1.29, 1.82) is 0 Å². The summed E-state index contributed by atoms with van der Waals surface area (Å²) in [5.74, 6) is 0.607. The van der Waals surface area contributed by atoms with Crippen LogP contribution in [0, 0.1) is 0 Å². The Morgan fingerprint density at radius 1 is 1.50 bits per heavy atom. The van der Waals surface area contributed by atoms with E-state index in [0.29, 0.717) is 29.6 Å². The standard InChI is InChI=1S/C14H20N2O2/c1-2-3-8-18-13-7-4-10(9-12(13)15)14(17)16-11-5-6-11/h4,7,9,11H,2-3,5-6,8,15H2,1H3,(H,16,17). The number of rotatable bonds is 6. The molecule has 1 aromatic rings. The van der Waals surface area contributed by atoms with Crippen molar-refractivity contribution in [2.75, 3.05) is 12.3 Å². The Hall–Kier alpha value is -1.71. The molecule has 1 aliphatic rings. The molecule has 1 fully saturated rings. The number of benzene rings is 1. The van der Waals surface area contributed by atoms with Gasteiger partial charge in [0.05, 0.1) is 12.3 Å². The summed E-state index contributed by atoms with van der Waals surface area (Å²) in [5, 5.41) is 2.93. The van der Waals surface area contributed by atoms with E-state index >= 15 is 0 Å². The molecule has 1 aromatic carbocycles. The van der Waals surface area contributed by atoms with Gasteiger partial charge in [-0.25, -0.2) is 0 Å². The van der Waals surface area contributed by atoms with Crippen LogP contribution in [0.15, 0.2) is 18.2 Å². The van der Waals surface area contributed by atoms with Crippen molar-refractivity contribution < 1.29 is 9.53 Å². The van der Waals surface area contributed by atoms with E-state index in [4.69, 9.17) is 10.5 Å². The van der Waals surface area contributed by atoms with Crippen LogP contribution in [0.2, 0.25) is 0 Å². The van der Waals surface area contributed by atoms with E-state index in [9.17, 15) is 4.79 Å². The number of carbonyl (C=O) groups is 1. The minimum atomic E-state index is -0.0516. The maximum Gasteiger partial charge on any atom is 0.251 e. The first-order valence-corrected chi connectivity index (χ1v) is 6.54. The highest BCUT2D eigenvalue weighted by Gasteiger charge is 2.23. The van der Waals surface area contributed by atoms with Gasteiger partial charge in [0.15, 0.2) is 0 Å². The lowest BCUT2D eigenvalue weighted by Gasteiger charge is -2.10. The van der Waals surface area contributed by atoms with Crippen LogP contribution >= 0.6 is 0 Å². The molecule has 98 valence electrons. The molecule has 0 radical (unpaired) electrons. The minimum Gasteiger partial charge on any atom is -0.491 e. The molecular formula is C14H20N2O2. The second-order valence-electron chi connectivity index (χ2n) is 4.70. The van der Waals surface area contributed by atoms with Gasteiger partial charge in [-0.2, -0.15) is 0 Å². The molecule has 0 atom stereocenters. The topological polar surface area (TPSA) is 64.3 Å². The molecule has 0 saturated heterocycles. The summed E-state index contributed by atoms with van der Waals surface area (Å²) in [6.07, 6.45) is 4.25. The predicted molar refractivity (Wildman–Crippen MR) is 71.7 cm³/mol. The van der Waals surface area contributed by atoms with E-state index in [0.717, 1.165) is 25.7 Å². The largest absolute Gasteiger partial charge is 0.491 e. The van der Waals surface area contributed by atoms with Gasteiger partial charge in [0.2, 0.25) is 0 Å². The van der Waals surface area contributed by atoms with Gasteiger partial charge in [0.25, 0.3) is 5.91 Å². The number of carbonyl (C=O) groups excluding carboxylic acids is 1. The number of anilines is 1. The molecule has 1 aliphatic carbocycles. The van der Waals surface area contributed by atoms with Gasteiger partial charge in [-0.3, -0.25) is 4.79 Å². The third-order valence-corrected chi connectivity index (χ3v) is 2.94. The van der Waals surface area contributed by atoms with Crippen molar-refractivity contribution in [1.82, 2.24) is 5.32 Å². The lowest BCUT2D eigenvalue weighted by molar-refractivity contribution is 0.0951. The van der Waals surface area contributed by atoms with E-state index in [-0.39, 0.29) is 5.91 Å². The molecule has 0 aliphatic heterocycles. The molecule has 0 bridgehead atoms. The van der Waals surface area contributed by atoms with Gasteiger partial charge in [-0.05, 0) is 37.5 Å². The first kappa shape index (κ1) is 12.7. The molecule has 0 heterocycles. The van der Waals surface area contributed by atoms with Crippen LogP contribution < -0.4 is 15.8 Å². The number of nitrogens with one attached hydrogen (secondary N) is 1. The van der Waals surface area contributed by atoms with Gasteiger partial charge in [0, 0.05) is 11.6 Å². The maximum absolute atomic E-state index is 11.8. The van der Waals surface area contributed by atoms with Crippen LogP contribution in [0.1, 0.15) is 43.0 Å². The molecule has 1 amide bonds. The normalized spacial score (nSPS) is 14.3. The van der Waals surface area contributed by atoms with Crippen molar-refractivity contribution in [3.8, 4) is 5.75 Å². The molecule has 0 spiro atoms. The molecule has 4 heteroatoms. The van der Waals surface area contributed by atoms with E-state index in [1.807, 2.05) is 0 Å². The Balaban J connectivity index is 1.96. The smallest absolute Gasteiger partial charge is 0.251 e. The highest BCUT2D eigenvalue weighted by molar-refractivity contribution is 5.95. The van der Waals surface area contributed by atoms with Crippen LogP contribution in [0.25, 0.3) is 0 Å². The average Bonchev–Trinajstić information content (AvgIpc) is 3.15. The van der Waals surface area contributed by atoms with Gasteiger partial charge in [-0.15, -0.1) is 0 Å². The summed E-state index contributed by atoms with van der Waals surface area (Å²) in [6, 6.07) is 5.57. The Morgan fingerprint density at radius 2 is 2.28 bits per heavy atom. The Morgan fingerprint density at radius 3 is 2.89 bits per heavy atom. The molecule has 3 N–H and O–H groups in total. The zero-order valence-electron chi connectivity index (χ0n) is 10.7. The van der Waals surface area contributed by atoms with Crippen LogP contribution in [0.5, 0.6) is 5.75 Å². The number of nitrogens with two attached hydrogens (primary N) is 1. The van der Waals surface area contributed by atoms with Gasteiger partial charge < -0.3 is 15.8 Å². The highest BCUT2D eigenvalue weighted by atomic mass is 16.5. The summed E-state index contributed by atoms with van der Waals surface area (Å²) in [6.45, 7) is 2.77. The zero-order valence-corrected chi connectivity index (χ0v) is 10.7. The molecule has 0 unspecified atom stereocenters. The van der Waals surface area contributed by atoms with Crippen LogP contribution in [-0.4, -0.2) is 18.6 Å². The number of ether oxygens (including phenoxy) is 1. The first-order chi connectivity index (χ1) is 8.70. The molecule has 1 saturated carbocycles. The monoisotopic (exact) mass is 248 g/mol. The Bertz CT molecular complexity index is 428. The van der Waals surface area contributed by atoms with Crippen LogP contribution in [0.4, 0.5) is 5.69 Å². The first-order valence-electron chi connectivity index (χ1n) is 6.54. The predicted octanol–water partition coefficient (Wildman–Crippen LogP) is 2.34. The number of nitrogen functional groups attached to an aromatic ring is 1. The summed E-state index contributed by atoms with van der Waals surface area (Å²) in [5.41, 5.74) is 7.00. The second-order valence-corrected chi connectivity index (χ2v) is 4.70. The van der Waals surface area contributed by atoms with Crippen molar-refractivity contribution in [3.05, 3.63) is 23.8 Å². The Kier molecular flexibility index (Phi) is 4.07. The van der Waals surface area contributed by atoms with Crippen LogP contribution in [0.3, 0.4) is 0 Å². The third-order valence-electron chi connectivity index (χ3n) is 2.94. The fraction of sp³-hybridized carbons (Fsp3) is 0.500. The van der Waals surface area contributed by atoms with E-state index in [2.05, 4.69) is 12.2 Å². The lowest BCUT2D eigenvalue weighted by Crippen LogP contribution is -2.25. The number of unbranched alkanes of at least 4 members (excludes halogenated alkanes) is 1. The van der Waals surface area contributed by atoms with Crippen molar-refractivity contribution >= 4 is 11.6 Å². The summed E-state index contributed by atoms with van der Waals surface area (Å²) in [4.78, 5) is 11.8.